The molecule has 1 saturated heterocycles. The number of aryl methyl sites for hydroxylation is 1. The molecule has 0 spiro atoms. The summed E-state index contributed by atoms with van der Waals surface area (Å²) in [5.41, 5.74) is 7.60. The van der Waals surface area contributed by atoms with Gasteiger partial charge in [-0.2, -0.15) is 5.10 Å². The molecular weight excluding hydrogens is 224 g/mol. The molecule has 4 nitrogen and oxygen atoms in total. The zero-order valence-corrected chi connectivity index (χ0v) is 11.3. The van der Waals surface area contributed by atoms with Gasteiger partial charge in [0.25, 0.3) is 0 Å². The van der Waals surface area contributed by atoms with Crippen LogP contribution in [0.3, 0.4) is 0 Å². The lowest BCUT2D eigenvalue weighted by Gasteiger charge is -2.29. The summed E-state index contributed by atoms with van der Waals surface area (Å²) in [7, 11) is 1.98. The first-order valence-corrected chi connectivity index (χ1v) is 7.18. The molecule has 3 unspecified atom stereocenters. The maximum atomic E-state index is 6.25. The Balaban J connectivity index is 1.53. The van der Waals surface area contributed by atoms with E-state index in [-0.39, 0.29) is 0 Å². The van der Waals surface area contributed by atoms with Crippen molar-refractivity contribution in [2.45, 2.75) is 31.7 Å². The van der Waals surface area contributed by atoms with E-state index >= 15 is 0 Å². The minimum atomic E-state index is 0.451. The smallest absolute Gasteiger partial charge is 0.0522 e. The van der Waals surface area contributed by atoms with Crippen LogP contribution in [0.15, 0.2) is 12.4 Å². The van der Waals surface area contributed by atoms with Gasteiger partial charge in [0, 0.05) is 38.9 Å². The van der Waals surface area contributed by atoms with E-state index in [4.69, 9.17) is 5.73 Å². The van der Waals surface area contributed by atoms with E-state index in [0.29, 0.717) is 6.04 Å². The van der Waals surface area contributed by atoms with Gasteiger partial charge in [-0.25, -0.2) is 0 Å². The zero-order chi connectivity index (χ0) is 12.5. The van der Waals surface area contributed by atoms with E-state index < -0.39 is 0 Å². The summed E-state index contributed by atoms with van der Waals surface area (Å²) < 4.78 is 1.88. The standard InChI is InChI=1S/C14H24N4/c1-17-8-11(7-16-17)5-6-18-9-12-3-2-4-14(15)13(12)10-18/h7-8,12-14H,2-6,9-10,15H2,1H3. The van der Waals surface area contributed by atoms with E-state index in [9.17, 15) is 0 Å². The average Bonchev–Trinajstić information content (AvgIpc) is 2.93. The lowest BCUT2D eigenvalue weighted by atomic mass is 9.78. The van der Waals surface area contributed by atoms with Crippen molar-refractivity contribution in [1.82, 2.24) is 14.7 Å². The Bertz CT molecular complexity index is 400. The van der Waals surface area contributed by atoms with Gasteiger partial charge in [-0.3, -0.25) is 4.68 Å². The van der Waals surface area contributed by atoms with Crippen molar-refractivity contribution >= 4 is 0 Å². The second-order valence-electron chi connectivity index (χ2n) is 6.05. The molecule has 0 amide bonds. The van der Waals surface area contributed by atoms with Crippen molar-refractivity contribution in [2.75, 3.05) is 19.6 Å². The summed E-state index contributed by atoms with van der Waals surface area (Å²) in [6, 6.07) is 0.451. The maximum Gasteiger partial charge on any atom is 0.0522 e. The number of fused-ring (bicyclic) bond motifs is 1. The molecule has 2 aliphatic rings. The normalized spacial score (nSPS) is 32.7. The van der Waals surface area contributed by atoms with Gasteiger partial charge in [0.2, 0.25) is 0 Å². The molecule has 2 N–H and O–H groups in total. The van der Waals surface area contributed by atoms with Gasteiger partial charge in [-0.1, -0.05) is 6.42 Å². The fourth-order valence-corrected chi connectivity index (χ4v) is 3.68. The second kappa shape index (κ2) is 5.02. The minimum Gasteiger partial charge on any atom is -0.327 e. The van der Waals surface area contributed by atoms with Crippen molar-refractivity contribution in [3.63, 3.8) is 0 Å². The van der Waals surface area contributed by atoms with Gasteiger partial charge in [0.15, 0.2) is 0 Å². The topological polar surface area (TPSA) is 47.1 Å². The zero-order valence-electron chi connectivity index (χ0n) is 11.3. The van der Waals surface area contributed by atoms with Crippen LogP contribution < -0.4 is 5.73 Å². The summed E-state index contributed by atoms with van der Waals surface area (Å²) in [6.07, 6.45) is 9.17. The van der Waals surface area contributed by atoms with Gasteiger partial charge in [0.1, 0.15) is 0 Å². The first kappa shape index (κ1) is 12.2. The Morgan fingerprint density at radius 3 is 3.00 bits per heavy atom. The van der Waals surface area contributed by atoms with E-state index in [1.165, 1.54) is 37.9 Å². The van der Waals surface area contributed by atoms with Gasteiger partial charge in [0.05, 0.1) is 6.20 Å². The molecule has 1 aromatic heterocycles. The molecule has 0 aromatic carbocycles. The van der Waals surface area contributed by atoms with Crippen molar-refractivity contribution in [3.05, 3.63) is 18.0 Å². The number of rotatable bonds is 3. The molecule has 1 aromatic rings. The molecular formula is C14H24N4. The highest BCUT2D eigenvalue weighted by atomic mass is 15.2. The molecule has 18 heavy (non-hydrogen) atoms. The lowest BCUT2D eigenvalue weighted by molar-refractivity contribution is 0.259. The van der Waals surface area contributed by atoms with Gasteiger partial charge in [-0.05, 0) is 36.7 Å². The fourth-order valence-electron chi connectivity index (χ4n) is 3.68. The number of hydrogen-bond donors (Lipinski definition) is 1. The summed E-state index contributed by atoms with van der Waals surface area (Å²) in [5.74, 6) is 1.62. The Hall–Kier alpha value is -0.870. The van der Waals surface area contributed by atoms with Gasteiger partial charge >= 0.3 is 0 Å². The Labute approximate surface area is 109 Å². The monoisotopic (exact) mass is 248 g/mol. The fraction of sp³-hybridized carbons (Fsp3) is 0.786. The van der Waals surface area contributed by atoms with Crippen LogP contribution in [0.1, 0.15) is 24.8 Å². The van der Waals surface area contributed by atoms with Crippen LogP contribution in [-0.2, 0) is 13.5 Å². The molecule has 1 aliphatic heterocycles. The average molecular weight is 248 g/mol. The third-order valence-corrected chi connectivity index (χ3v) is 4.70. The van der Waals surface area contributed by atoms with E-state index in [1.54, 1.807) is 0 Å². The summed E-state index contributed by atoms with van der Waals surface area (Å²) in [5, 5.41) is 4.22. The molecule has 4 heteroatoms. The summed E-state index contributed by atoms with van der Waals surface area (Å²) >= 11 is 0. The highest BCUT2D eigenvalue weighted by Gasteiger charge is 2.38. The molecule has 2 fully saturated rings. The lowest BCUT2D eigenvalue weighted by Crippen LogP contribution is -2.38. The first-order valence-electron chi connectivity index (χ1n) is 7.18. The number of nitrogens with zero attached hydrogens (tertiary/aromatic N) is 3. The molecule has 1 aliphatic carbocycles. The molecule has 2 heterocycles. The van der Waals surface area contributed by atoms with Gasteiger partial charge < -0.3 is 10.6 Å². The molecule has 0 radical (unpaired) electrons. The number of hydrogen-bond acceptors (Lipinski definition) is 3. The molecule has 100 valence electrons. The van der Waals surface area contributed by atoms with Crippen molar-refractivity contribution in [2.24, 2.45) is 24.6 Å². The van der Waals surface area contributed by atoms with Crippen LogP contribution in [0.4, 0.5) is 0 Å². The van der Waals surface area contributed by atoms with Crippen molar-refractivity contribution in [3.8, 4) is 0 Å². The van der Waals surface area contributed by atoms with E-state index in [0.717, 1.165) is 24.8 Å². The Kier molecular flexibility index (Phi) is 3.39. The van der Waals surface area contributed by atoms with Crippen molar-refractivity contribution < 1.29 is 0 Å². The second-order valence-corrected chi connectivity index (χ2v) is 6.05. The number of likely N-dealkylation sites (tertiary alicyclic amines) is 1. The third kappa shape index (κ3) is 2.45. The number of nitrogens with two attached hydrogens (primary N) is 1. The minimum absolute atomic E-state index is 0.451. The predicted molar refractivity (Wildman–Crippen MR) is 72.2 cm³/mol. The van der Waals surface area contributed by atoms with Crippen LogP contribution in [0.25, 0.3) is 0 Å². The summed E-state index contributed by atoms with van der Waals surface area (Å²) in [4.78, 5) is 2.60. The summed E-state index contributed by atoms with van der Waals surface area (Å²) in [6.45, 7) is 3.64. The van der Waals surface area contributed by atoms with Crippen LogP contribution in [0.2, 0.25) is 0 Å². The molecule has 1 saturated carbocycles. The predicted octanol–water partition coefficient (Wildman–Crippen LogP) is 1.02. The van der Waals surface area contributed by atoms with Crippen molar-refractivity contribution in [1.29, 1.82) is 0 Å². The maximum absolute atomic E-state index is 6.25. The molecule has 3 rings (SSSR count). The van der Waals surface area contributed by atoms with Crippen LogP contribution >= 0.6 is 0 Å². The van der Waals surface area contributed by atoms with E-state index in [1.807, 2.05) is 17.9 Å². The first-order chi connectivity index (χ1) is 8.72. The van der Waals surface area contributed by atoms with Crippen LogP contribution in [0.5, 0.6) is 0 Å². The SMILES string of the molecule is Cn1cc(CCN2CC3CCCC(N)C3C2)cn1. The third-order valence-electron chi connectivity index (χ3n) is 4.70. The quantitative estimate of drug-likeness (QED) is 0.869. The highest BCUT2D eigenvalue weighted by molar-refractivity contribution is 5.04. The Morgan fingerprint density at radius 2 is 2.28 bits per heavy atom. The van der Waals surface area contributed by atoms with Crippen LogP contribution in [-0.4, -0.2) is 40.4 Å². The molecule has 0 bridgehead atoms. The van der Waals surface area contributed by atoms with E-state index in [2.05, 4.69) is 16.2 Å². The Morgan fingerprint density at radius 1 is 1.39 bits per heavy atom. The van der Waals surface area contributed by atoms with Gasteiger partial charge in [-0.15, -0.1) is 0 Å². The number of aromatic nitrogens is 2. The highest BCUT2D eigenvalue weighted by Crippen LogP contribution is 2.35. The van der Waals surface area contributed by atoms with Crippen LogP contribution in [0, 0.1) is 11.8 Å². The largest absolute Gasteiger partial charge is 0.327 e. The molecule has 3 atom stereocenters.